The quantitative estimate of drug-likeness (QED) is 0.475. The number of hydrogen-bond donors (Lipinski definition) is 0. The molecular formula is C24H22N2O6. The summed E-state index contributed by atoms with van der Waals surface area (Å²) in [5, 5.41) is 0.665. The van der Waals surface area contributed by atoms with Gasteiger partial charge in [0.15, 0.2) is 0 Å². The highest BCUT2D eigenvalue weighted by Gasteiger charge is 2.44. The van der Waals surface area contributed by atoms with Crippen LogP contribution in [0.2, 0.25) is 0 Å². The molecule has 0 amide bonds. The molecule has 0 aliphatic heterocycles. The van der Waals surface area contributed by atoms with Gasteiger partial charge in [0.1, 0.15) is 16.9 Å². The van der Waals surface area contributed by atoms with E-state index in [0.29, 0.717) is 46.1 Å². The average molecular weight is 434 g/mol. The summed E-state index contributed by atoms with van der Waals surface area (Å²) in [4.78, 5) is 35.0. The lowest BCUT2D eigenvalue weighted by Gasteiger charge is -2.32. The molecule has 0 unspecified atom stereocenters. The average Bonchev–Trinajstić information content (AvgIpc) is 2.84. The van der Waals surface area contributed by atoms with Gasteiger partial charge in [0.2, 0.25) is 11.8 Å². The van der Waals surface area contributed by atoms with E-state index in [0.717, 1.165) is 19.3 Å². The second-order valence-electron chi connectivity index (χ2n) is 8.02. The van der Waals surface area contributed by atoms with Gasteiger partial charge in [-0.1, -0.05) is 19.3 Å². The maximum Gasteiger partial charge on any atom is 0.346 e. The van der Waals surface area contributed by atoms with Crippen LogP contribution in [0.15, 0.2) is 54.8 Å². The lowest BCUT2D eigenvalue weighted by Crippen LogP contribution is -2.34. The number of hydrogen-bond acceptors (Lipinski definition) is 8. The Kier molecular flexibility index (Phi) is 4.92. The van der Waals surface area contributed by atoms with Gasteiger partial charge in [0.05, 0.1) is 36.0 Å². The molecule has 0 atom stereocenters. The van der Waals surface area contributed by atoms with Gasteiger partial charge in [-0.15, -0.1) is 0 Å². The molecule has 1 aliphatic rings. The van der Waals surface area contributed by atoms with E-state index in [-0.39, 0.29) is 11.8 Å². The topological polar surface area (TPSA) is 105 Å². The second-order valence-corrected chi connectivity index (χ2v) is 8.02. The van der Waals surface area contributed by atoms with Crippen molar-refractivity contribution in [2.24, 2.45) is 0 Å². The Morgan fingerprint density at radius 2 is 1.22 bits per heavy atom. The molecule has 1 fully saturated rings. The SMILES string of the molecule is COc1ccc2nc(C3(c4nc5ccc(OC)cc5c(=O)o4)CCCCC3)oc(=O)c2c1. The van der Waals surface area contributed by atoms with Crippen LogP contribution in [0.5, 0.6) is 11.5 Å². The molecule has 0 N–H and O–H groups in total. The summed E-state index contributed by atoms with van der Waals surface area (Å²) < 4.78 is 21.9. The fourth-order valence-electron chi connectivity index (χ4n) is 4.44. The summed E-state index contributed by atoms with van der Waals surface area (Å²) >= 11 is 0. The van der Waals surface area contributed by atoms with Crippen molar-refractivity contribution in [1.82, 2.24) is 9.97 Å². The molecule has 4 aromatic rings. The van der Waals surface area contributed by atoms with Crippen molar-refractivity contribution in [2.45, 2.75) is 37.5 Å². The van der Waals surface area contributed by atoms with E-state index in [4.69, 9.17) is 18.3 Å². The number of ether oxygens (including phenoxy) is 2. The van der Waals surface area contributed by atoms with Crippen LogP contribution in [0.1, 0.15) is 43.9 Å². The largest absolute Gasteiger partial charge is 0.497 e. The van der Waals surface area contributed by atoms with Crippen LogP contribution in [-0.4, -0.2) is 24.2 Å². The van der Waals surface area contributed by atoms with E-state index in [1.807, 2.05) is 0 Å². The van der Waals surface area contributed by atoms with Crippen molar-refractivity contribution in [3.8, 4) is 11.5 Å². The highest BCUT2D eigenvalue weighted by molar-refractivity contribution is 5.79. The van der Waals surface area contributed by atoms with Crippen molar-refractivity contribution in [3.63, 3.8) is 0 Å². The van der Waals surface area contributed by atoms with Crippen molar-refractivity contribution in [1.29, 1.82) is 0 Å². The fourth-order valence-corrected chi connectivity index (χ4v) is 4.44. The van der Waals surface area contributed by atoms with Gasteiger partial charge in [0, 0.05) is 0 Å². The van der Waals surface area contributed by atoms with E-state index < -0.39 is 16.7 Å². The monoisotopic (exact) mass is 434 g/mol. The molecule has 0 bridgehead atoms. The Labute approximate surface area is 182 Å². The molecular weight excluding hydrogens is 412 g/mol. The van der Waals surface area contributed by atoms with E-state index in [9.17, 15) is 9.59 Å². The lowest BCUT2D eigenvalue weighted by atomic mass is 9.73. The lowest BCUT2D eigenvalue weighted by molar-refractivity contribution is 0.214. The number of benzene rings is 2. The van der Waals surface area contributed by atoms with Crippen molar-refractivity contribution >= 4 is 21.8 Å². The Balaban J connectivity index is 1.73. The Hall–Kier alpha value is -3.68. The number of rotatable bonds is 4. The molecule has 2 heterocycles. The highest BCUT2D eigenvalue weighted by Crippen LogP contribution is 2.43. The van der Waals surface area contributed by atoms with Crippen LogP contribution in [0.25, 0.3) is 21.8 Å². The standard InChI is InChI=1S/C24H22N2O6/c1-29-14-6-8-18-16(12-14)20(27)31-22(25-18)24(10-4-3-5-11-24)23-26-19-9-7-15(30-2)13-17(19)21(28)32-23/h6-9,12-13H,3-5,10-11H2,1-2H3. The first-order chi connectivity index (χ1) is 15.5. The molecule has 32 heavy (non-hydrogen) atoms. The predicted octanol–water partition coefficient (Wildman–Crippen LogP) is 3.96. The number of nitrogens with zero attached hydrogens (tertiary/aromatic N) is 2. The molecule has 1 saturated carbocycles. The molecule has 0 saturated heterocycles. The summed E-state index contributed by atoms with van der Waals surface area (Å²) in [5.41, 5.74) is -0.924. The molecule has 2 aromatic carbocycles. The van der Waals surface area contributed by atoms with Gasteiger partial charge in [-0.2, -0.15) is 0 Å². The highest BCUT2D eigenvalue weighted by atomic mass is 16.5. The zero-order chi connectivity index (χ0) is 22.3. The fraction of sp³-hybridized carbons (Fsp3) is 0.333. The van der Waals surface area contributed by atoms with Gasteiger partial charge in [0.25, 0.3) is 0 Å². The third-order valence-corrected chi connectivity index (χ3v) is 6.20. The second kappa shape index (κ2) is 7.78. The molecule has 5 rings (SSSR count). The minimum Gasteiger partial charge on any atom is -0.497 e. The van der Waals surface area contributed by atoms with Gasteiger partial charge in [-0.05, 0) is 49.2 Å². The van der Waals surface area contributed by atoms with E-state index >= 15 is 0 Å². The van der Waals surface area contributed by atoms with Gasteiger partial charge < -0.3 is 18.3 Å². The summed E-state index contributed by atoms with van der Waals surface area (Å²) in [5.74, 6) is 1.54. The number of fused-ring (bicyclic) bond motifs is 2. The number of aromatic nitrogens is 2. The molecule has 8 heteroatoms. The van der Waals surface area contributed by atoms with Crippen molar-refractivity contribution < 1.29 is 18.3 Å². The maximum absolute atomic E-state index is 12.8. The zero-order valence-electron chi connectivity index (χ0n) is 17.8. The van der Waals surface area contributed by atoms with Crippen LogP contribution >= 0.6 is 0 Å². The van der Waals surface area contributed by atoms with Gasteiger partial charge >= 0.3 is 11.3 Å². The van der Waals surface area contributed by atoms with Crippen LogP contribution in [0.4, 0.5) is 0 Å². The number of methoxy groups -OCH3 is 2. The normalized spacial score (nSPS) is 15.7. The molecule has 164 valence electrons. The Bertz CT molecular complexity index is 1330. The molecule has 8 nitrogen and oxygen atoms in total. The summed E-state index contributed by atoms with van der Waals surface area (Å²) in [7, 11) is 3.06. The van der Waals surface area contributed by atoms with E-state index in [2.05, 4.69) is 9.97 Å². The van der Waals surface area contributed by atoms with Crippen molar-refractivity contribution in [3.05, 3.63) is 69.0 Å². The summed E-state index contributed by atoms with van der Waals surface area (Å²) in [6.07, 6.45) is 4.01. The van der Waals surface area contributed by atoms with Gasteiger partial charge in [-0.25, -0.2) is 19.6 Å². The first kappa shape index (κ1) is 20.2. The third-order valence-electron chi connectivity index (χ3n) is 6.20. The molecule has 0 radical (unpaired) electrons. The molecule has 2 aromatic heterocycles. The minimum atomic E-state index is -0.890. The van der Waals surface area contributed by atoms with Crippen LogP contribution in [-0.2, 0) is 5.41 Å². The predicted molar refractivity (Wildman–Crippen MR) is 118 cm³/mol. The van der Waals surface area contributed by atoms with E-state index in [1.54, 1.807) is 36.4 Å². The molecule has 0 spiro atoms. The van der Waals surface area contributed by atoms with Crippen molar-refractivity contribution in [2.75, 3.05) is 14.2 Å². The molecule has 1 aliphatic carbocycles. The summed E-state index contributed by atoms with van der Waals surface area (Å²) in [6.45, 7) is 0. The first-order valence-corrected chi connectivity index (χ1v) is 10.5. The smallest absolute Gasteiger partial charge is 0.346 e. The van der Waals surface area contributed by atoms with E-state index in [1.165, 1.54) is 14.2 Å². The van der Waals surface area contributed by atoms with Crippen LogP contribution in [0, 0.1) is 0 Å². The maximum atomic E-state index is 12.8. The van der Waals surface area contributed by atoms with Crippen LogP contribution in [0.3, 0.4) is 0 Å². The summed E-state index contributed by atoms with van der Waals surface area (Å²) in [6, 6.07) is 10.1. The first-order valence-electron chi connectivity index (χ1n) is 10.5. The Morgan fingerprint density at radius 3 is 1.66 bits per heavy atom. The zero-order valence-corrected chi connectivity index (χ0v) is 17.8. The Morgan fingerprint density at radius 1 is 0.750 bits per heavy atom. The minimum absolute atomic E-state index is 0.225. The van der Waals surface area contributed by atoms with Crippen LogP contribution < -0.4 is 20.7 Å². The third kappa shape index (κ3) is 3.23. The van der Waals surface area contributed by atoms with Gasteiger partial charge in [-0.3, -0.25) is 0 Å².